The summed E-state index contributed by atoms with van der Waals surface area (Å²) in [6.07, 6.45) is 0. The number of hydrogen-bond donors (Lipinski definition) is 0. The topological polar surface area (TPSA) is 15.7 Å². The fourth-order valence-electron chi connectivity index (χ4n) is 2.33. The second-order valence-corrected chi connectivity index (χ2v) is 5.40. The van der Waals surface area contributed by atoms with Gasteiger partial charge in [-0.15, -0.1) is 0 Å². The van der Waals surface area contributed by atoms with Crippen LogP contribution in [0.4, 0.5) is 0 Å². The summed E-state index contributed by atoms with van der Waals surface area (Å²) < 4.78 is 5.10. The molecule has 0 amide bonds. The van der Waals surface area contributed by atoms with E-state index in [1.54, 1.807) is 0 Å². The molecule has 0 unspecified atom stereocenters. The SMILES string of the molecule is CCN1CCN(Cc2ccc(COI)cc2)CC1. The van der Waals surface area contributed by atoms with Crippen LogP contribution in [0, 0.1) is 0 Å². The van der Waals surface area contributed by atoms with Crippen molar-refractivity contribution in [2.45, 2.75) is 20.1 Å². The lowest BCUT2D eigenvalue weighted by molar-refractivity contribution is 0.132. The van der Waals surface area contributed by atoms with E-state index in [2.05, 4.69) is 41.0 Å². The highest BCUT2D eigenvalue weighted by molar-refractivity contribution is 14.1. The van der Waals surface area contributed by atoms with E-state index in [-0.39, 0.29) is 0 Å². The molecule has 0 aliphatic carbocycles. The second-order valence-electron chi connectivity index (χ2n) is 4.78. The zero-order valence-electron chi connectivity index (χ0n) is 10.9. The first-order valence-electron chi connectivity index (χ1n) is 6.58. The maximum Gasteiger partial charge on any atom is 0.110 e. The van der Waals surface area contributed by atoms with Gasteiger partial charge in [-0.2, -0.15) is 0 Å². The average molecular weight is 360 g/mol. The van der Waals surface area contributed by atoms with Crippen LogP contribution in [0.1, 0.15) is 18.1 Å². The molecule has 1 saturated heterocycles. The summed E-state index contributed by atoms with van der Waals surface area (Å²) in [5.74, 6) is 0. The monoisotopic (exact) mass is 360 g/mol. The van der Waals surface area contributed by atoms with E-state index < -0.39 is 0 Å². The van der Waals surface area contributed by atoms with Gasteiger partial charge in [0.05, 0.1) is 6.61 Å². The molecule has 0 atom stereocenters. The summed E-state index contributed by atoms with van der Waals surface area (Å²) in [6, 6.07) is 8.76. The number of likely N-dealkylation sites (N-methyl/N-ethyl adjacent to an activating group) is 1. The summed E-state index contributed by atoms with van der Waals surface area (Å²) in [6.45, 7) is 9.97. The molecule has 18 heavy (non-hydrogen) atoms. The Bertz CT molecular complexity index is 347. The largest absolute Gasteiger partial charge is 0.311 e. The highest BCUT2D eigenvalue weighted by Crippen LogP contribution is 2.11. The van der Waals surface area contributed by atoms with Gasteiger partial charge < -0.3 is 7.97 Å². The molecule has 2 rings (SSSR count). The van der Waals surface area contributed by atoms with Crippen LogP contribution in [-0.2, 0) is 16.2 Å². The molecule has 4 heteroatoms. The fourth-order valence-corrected chi connectivity index (χ4v) is 2.69. The first-order chi connectivity index (χ1) is 8.81. The molecule has 1 aliphatic rings. The van der Waals surface area contributed by atoms with Crippen LogP contribution < -0.4 is 0 Å². The second kappa shape index (κ2) is 7.43. The Morgan fingerprint density at radius 3 is 2.11 bits per heavy atom. The first-order valence-corrected chi connectivity index (χ1v) is 7.46. The Kier molecular flexibility index (Phi) is 5.88. The Hall–Kier alpha value is -0.170. The molecule has 1 aliphatic heterocycles. The minimum absolute atomic E-state index is 0.690. The molecule has 1 aromatic rings. The van der Waals surface area contributed by atoms with Crippen LogP contribution in [0.5, 0.6) is 0 Å². The smallest absolute Gasteiger partial charge is 0.110 e. The highest BCUT2D eigenvalue weighted by Gasteiger charge is 2.15. The molecule has 3 nitrogen and oxygen atoms in total. The van der Waals surface area contributed by atoms with Crippen molar-refractivity contribution in [1.82, 2.24) is 9.80 Å². The molecule has 0 aromatic heterocycles. The molecule has 1 fully saturated rings. The summed E-state index contributed by atoms with van der Waals surface area (Å²) >= 11 is 1.94. The van der Waals surface area contributed by atoms with Crippen LogP contribution in [-0.4, -0.2) is 42.5 Å². The maximum absolute atomic E-state index is 5.10. The van der Waals surface area contributed by atoms with Crippen molar-refractivity contribution in [1.29, 1.82) is 0 Å². The van der Waals surface area contributed by atoms with Gasteiger partial charge in [0.1, 0.15) is 23.0 Å². The van der Waals surface area contributed by atoms with Gasteiger partial charge in [0.25, 0.3) is 0 Å². The molecule has 1 aromatic carbocycles. The average Bonchev–Trinajstić information content (AvgIpc) is 2.42. The number of piperazine rings is 1. The van der Waals surface area contributed by atoms with Crippen molar-refractivity contribution in [2.24, 2.45) is 0 Å². The van der Waals surface area contributed by atoms with E-state index in [4.69, 9.17) is 3.07 Å². The van der Waals surface area contributed by atoms with Crippen LogP contribution in [0.25, 0.3) is 0 Å². The van der Waals surface area contributed by atoms with E-state index >= 15 is 0 Å². The van der Waals surface area contributed by atoms with Crippen molar-refractivity contribution < 1.29 is 3.07 Å². The van der Waals surface area contributed by atoms with Gasteiger partial charge in [-0.25, -0.2) is 0 Å². The quantitative estimate of drug-likeness (QED) is 0.751. The summed E-state index contributed by atoms with van der Waals surface area (Å²) in [4.78, 5) is 5.05. The lowest BCUT2D eigenvalue weighted by Gasteiger charge is -2.34. The zero-order chi connectivity index (χ0) is 12.8. The third-order valence-electron chi connectivity index (χ3n) is 3.56. The lowest BCUT2D eigenvalue weighted by atomic mass is 10.1. The zero-order valence-corrected chi connectivity index (χ0v) is 13.1. The third-order valence-corrected chi connectivity index (χ3v) is 3.87. The molecule has 0 bridgehead atoms. The first kappa shape index (κ1) is 14.2. The molecule has 100 valence electrons. The van der Waals surface area contributed by atoms with Gasteiger partial charge in [0.2, 0.25) is 0 Å². The van der Waals surface area contributed by atoms with Crippen LogP contribution in [0.2, 0.25) is 0 Å². The molecule has 0 saturated carbocycles. The Balaban J connectivity index is 1.82. The molecule has 0 N–H and O–H groups in total. The van der Waals surface area contributed by atoms with Crippen molar-refractivity contribution in [3.63, 3.8) is 0 Å². The van der Waals surface area contributed by atoms with E-state index in [0.717, 1.165) is 6.54 Å². The predicted octanol–water partition coefficient (Wildman–Crippen LogP) is 2.69. The highest BCUT2D eigenvalue weighted by atomic mass is 127. The fraction of sp³-hybridized carbons (Fsp3) is 0.571. The number of nitrogens with zero attached hydrogens (tertiary/aromatic N) is 2. The van der Waals surface area contributed by atoms with Crippen molar-refractivity contribution in [2.75, 3.05) is 32.7 Å². The van der Waals surface area contributed by atoms with Gasteiger partial charge >= 0.3 is 0 Å². The van der Waals surface area contributed by atoms with Crippen molar-refractivity contribution in [3.05, 3.63) is 35.4 Å². The van der Waals surface area contributed by atoms with E-state index in [1.807, 2.05) is 23.0 Å². The molecule has 0 radical (unpaired) electrons. The predicted molar refractivity (Wildman–Crippen MR) is 82.6 cm³/mol. The van der Waals surface area contributed by atoms with Gasteiger partial charge in [-0.3, -0.25) is 4.90 Å². The van der Waals surface area contributed by atoms with Gasteiger partial charge in [0, 0.05) is 32.7 Å². The van der Waals surface area contributed by atoms with Crippen LogP contribution >= 0.6 is 23.0 Å². The van der Waals surface area contributed by atoms with E-state index in [9.17, 15) is 0 Å². The van der Waals surface area contributed by atoms with Crippen LogP contribution in [0.3, 0.4) is 0 Å². The van der Waals surface area contributed by atoms with Gasteiger partial charge in [-0.05, 0) is 17.7 Å². The summed E-state index contributed by atoms with van der Waals surface area (Å²) in [5.41, 5.74) is 2.64. The maximum atomic E-state index is 5.10. The van der Waals surface area contributed by atoms with E-state index in [0.29, 0.717) is 6.61 Å². The van der Waals surface area contributed by atoms with Gasteiger partial charge in [0.15, 0.2) is 0 Å². The molecular formula is C14H21IN2O. The number of halogens is 1. The van der Waals surface area contributed by atoms with Gasteiger partial charge in [-0.1, -0.05) is 31.2 Å². The van der Waals surface area contributed by atoms with Crippen molar-refractivity contribution >= 4 is 23.0 Å². The summed E-state index contributed by atoms with van der Waals surface area (Å²) in [5, 5.41) is 0. The number of benzene rings is 1. The Labute approximate surface area is 124 Å². The lowest BCUT2D eigenvalue weighted by Crippen LogP contribution is -2.45. The molecule has 0 spiro atoms. The standard InChI is InChI=1S/C14H21IN2O/c1-2-16-7-9-17(10-8-16)11-13-3-5-14(6-4-13)12-18-15/h3-6H,2,7-12H2,1H3. The molecule has 1 heterocycles. The van der Waals surface area contributed by atoms with Crippen molar-refractivity contribution in [3.8, 4) is 0 Å². The Morgan fingerprint density at radius 2 is 1.56 bits per heavy atom. The molecular weight excluding hydrogens is 339 g/mol. The Morgan fingerprint density at radius 1 is 1.00 bits per heavy atom. The normalized spacial score (nSPS) is 18.1. The number of hydrogen-bond acceptors (Lipinski definition) is 3. The minimum atomic E-state index is 0.690. The number of rotatable bonds is 5. The van der Waals surface area contributed by atoms with E-state index in [1.165, 1.54) is 43.9 Å². The summed E-state index contributed by atoms with van der Waals surface area (Å²) in [7, 11) is 0. The minimum Gasteiger partial charge on any atom is -0.311 e. The van der Waals surface area contributed by atoms with Crippen LogP contribution in [0.15, 0.2) is 24.3 Å². The third kappa shape index (κ3) is 4.19.